The highest BCUT2D eigenvalue weighted by atomic mass is 16.7. The van der Waals surface area contributed by atoms with Crippen LogP contribution in [0.5, 0.6) is 11.5 Å². The molecule has 1 aliphatic rings. The van der Waals surface area contributed by atoms with Gasteiger partial charge in [0, 0.05) is 17.7 Å². The van der Waals surface area contributed by atoms with E-state index in [1.807, 2.05) is 48.5 Å². The number of carbonyl (C=O) groups excluding carboxylic acids is 1. The van der Waals surface area contributed by atoms with E-state index in [1.54, 1.807) is 23.7 Å². The first kappa shape index (κ1) is 17.2. The Morgan fingerprint density at radius 2 is 2.00 bits per heavy atom. The van der Waals surface area contributed by atoms with Crippen molar-refractivity contribution in [2.45, 2.75) is 13.5 Å². The smallest absolute Gasteiger partial charge is 0.231 e. The van der Waals surface area contributed by atoms with Crippen LogP contribution in [-0.4, -0.2) is 27.2 Å². The molecule has 0 atom stereocenters. The fraction of sp³-hybridized carbons (Fsp3) is 0.136. The van der Waals surface area contributed by atoms with Gasteiger partial charge in [0.1, 0.15) is 5.82 Å². The number of fused-ring (bicyclic) bond motifs is 2. The third-order valence-corrected chi connectivity index (χ3v) is 4.84. The monoisotopic (exact) mass is 386 g/mol. The SMILES string of the molecule is CC(=O)c1cccc(-c2cnc3ccc(NCc4ccc5c(c4)OCO5)nn23)c1. The third-order valence-electron chi connectivity index (χ3n) is 4.84. The van der Waals surface area contributed by atoms with Crippen molar-refractivity contribution in [2.24, 2.45) is 0 Å². The van der Waals surface area contributed by atoms with Gasteiger partial charge in [0.2, 0.25) is 6.79 Å². The van der Waals surface area contributed by atoms with Crippen molar-refractivity contribution in [3.8, 4) is 22.8 Å². The molecule has 4 aromatic rings. The summed E-state index contributed by atoms with van der Waals surface area (Å²) in [5.41, 5.74) is 4.19. The van der Waals surface area contributed by atoms with E-state index in [0.717, 1.165) is 39.8 Å². The Labute approximate surface area is 166 Å². The molecule has 0 bridgehead atoms. The van der Waals surface area contributed by atoms with Gasteiger partial charge in [-0.25, -0.2) is 9.50 Å². The van der Waals surface area contributed by atoms with Crippen LogP contribution in [-0.2, 0) is 6.54 Å². The number of anilines is 1. The lowest BCUT2D eigenvalue weighted by molar-refractivity contribution is 0.101. The van der Waals surface area contributed by atoms with Crippen molar-refractivity contribution in [2.75, 3.05) is 12.1 Å². The van der Waals surface area contributed by atoms with Crippen molar-refractivity contribution in [3.05, 3.63) is 71.9 Å². The molecular formula is C22H18N4O3. The molecule has 3 heterocycles. The molecule has 0 spiro atoms. The van der Waals surface area contributed by atoms with Gasteiger partial charge in [0.15, 0.2) is 22.9 Å². The summed E-state index contributed by atoms with van der Waals surface area (Å²) < 4.78 is 12.6. The van der Waals surface area contributed by atoms with Gasteiger partial charge in [0.05, 0.1) is 11.9 Å². The number of Topliss-reactive ketones (excluding diaryl/α,β-unsaturated/α-hetero) is 1. The Morgan fingerprint density at radius 3 is 2.90 bits per heavy atom. The molecule has 7 heteroatoms. The van der Waals surface area contributed by atoms with Crippen LogP contribution in [0, 0.1) is 0 Å². The molecule has 0 saturated carbocycles. The molecule has 1 aliphatic heterocycles. The second-order valence-corrected chi connectivity index (χ2v) is 6.81. The number of hydrogen-bond acceptors (Lipinski definition) is 6. The molecule has 29 heavy (non-hydrogen) atoms. The number of rotatable bonds is 5. The maximum Gasteiger partial charge on any atom is 0.231 e. The topological polar surface area (TPSA) is 77.8 Å². The summed E-state index contributed by atoms with van der Waals surface area (Å²) in [4.78, 5) is 16.1. The summed E-state index contributed by atoms with van der Waals surface area (Å²) in [6.45, 7) is 2.42. The second kappa shape index (κ2) is 6.94. The molecule has 144 valence electrons. The summed E-state index contributed by atoms with van der Waals surface area (Å²) in [6.07, 6.45) is 1.77. The van der Waals surface area contributed by atoms with Crippen LogP contribution in [0.1, 0.15) is 22.8 Å². The highest BCUT2D eigenvalue weighted by molar-refractivity contribution is 5.95. The van der Waals surface area contributed by atoms with Gasteiger partial charge in [-0.05, 0) is 42.8 Å². The minimum Gasteiger partial charge on any atom is -0.454 e. The largest absolute Gasteiger partial charge is 0.454 e. The number of carbonyl (C=O) groups is 1. The molecule has 5 rings (SSSR count). The van der Waals surface area contributed by atoms with E-state index in [1.165, 1.54) is 0 Å². The van der Waals surface area contributed by atoms with Crippen LogP contribution >= 0.6 is 0 Å². The van der Waals surface area contributed by atoms with Crippen LogP contribution in [0.25, 0.3) is 16.9 Å². The second-order valence-electron chi connectivity index (χ2n) is 6.81. The molecule has 2 aromatic heterocycles. The molecule has 0 aliphatic carbocycles. The molecule has 7 nitrogen and oxygen atoms in total. The maximum atomic E-state index is 11.7. The number of aromatic nitrogens is 3. The predicted octanol–water partition coefficient (Wildman–Crippen LogP) is 3.94. The van der Waals surface area contributed by atoms with Crippen LogP contribution in [0.3, 0.4) is 0 Å². The molecule has 2 aromatic carbocycles. The quantitative estimate of drug-likeness (QED) is 0.524. The predicted molar refractivity (Wildman–Crippen MR) is 108 cm³/mol. The fourth-order valence-corrected chi connectivity index (χ4v) is 3.31. The zero-order valence-electron chi connectivity index (χ0n) is 15.8. The van der Waals surface area contributed by atoms with E-state index in [2.05, 4.69) is 15.4 Å². The Hall–Kier alpha value is -3.87. The van der Waals surface area contributed by atoms with Crippen molar-refractivity contribution < 1.29 is 14.3 Å². The lowest BCUT2D eigenvalue weighted by atomic mass is 10.1. The van der Waals surface area contributed by atoms with Crippen molar-refractivity contribution in [1.82, 2.24) is 14.6 Å². The first-order valence-corrected chi connectivity index (χ1v) is 9.26. The number of ether oxygens (including phenoxy) is 2. The van der Waals surface area contributed by atoms with Gasteiger partial charge in [0.25, 0.3) is 0 Å². The Kier molecular flexibility index (Phi) is 4.13. The van der Waals surface area contributed by atoms with Crippen LogP contribution in [0.15, 0.2) is 60.8 Å². The van der Waals surface area contributed by atoms with Crippen LogP contribution in [0.4, 0.5) is 5.82 Å². The number of imidazole rings is 1. The van der Waals surface area contributed by atoms with Gasteiger partial charge in [-0.1, -0.05) is 24.3 Å². The summed E-state index contributed by atoms with van der Waals surface area (Å²) >= 11 is 0. The minimum atomic E-state index is 0.0275. The summed E-state index contributed by atoms with van der Waals surface area (Å²) in [5.74, 6) is 2.27. The van der Waals surface area contributed by atoms with E-state index in [-0.39, 0.29) is 12.6 Å². The van der Waals surface area contributed by atoms with Gasteiger partial charge in [-0.2, -0.15) is 0 Å². The summed E-state index contributed by atoms with van der Waals surface area (Å²) in [5, 5.41) is 8.01. The zero-order chi connectivity index (χ0) is 19.8. The number of ketones is 1. The summed E-state index contributed by atoms with van der Waals surface area (Å²) in [6, 6.07) is 17.2. The third kappa shape index (κ3) is 3.27. The number of nitrogens with zero attached hydrogens (tertiary/aromatic N) is 3. The van der Waals surface area contributed by atoms with Crippen LogP contribution in [0.2, 0.25) is 0 Å². The number of hydrogen-bond donors (Lipinski definition) is 1. The first-order valence-electron chi connectivity index (χ1n) is 9.26. The highest BCUT2D eigenvalue weighted by Crippen LogP contribution is 2.32. The van der Waals surface area contributed by atoms with Gasteiger partial charge in [-0.15, -0.1) is 5.10 Å². The lowest BCUT2D eigenvalue weighted by Gasteiger charge is -2.08. The van der Waals surface area contributed by atoms with Gasteiger partial charge >= 0.3 is 0 Å². The van der Waals surface area contributed by atoms with Gasteiger partial charge < -0.3 is 14.8 Å². The molecular weight excluding hydrogens is 368 g/mol. The van der Waals surface area contributed by atoms with Crippen LogP contribution < -0.4 is 14.8 Å². The maximum absolute atomic E-state index is 11.7. The summed E-state index contributed by atoms with van der Waals surface area (Å²) in [7, 11) is 0. The van der Waals surface area contributed by atoms with E-state index < -0.39 is 0 Å². The average molecular weight is 386 g/mol. The Morgan fingerprint density at radius 1 is 1.10 bits per heavy atom. The highest BCUT2D eigenvalue weighted by Gasteiger charge is 2.13. The molecule has 0 fully saturated rings. The minimum absolute atomic E-state index is 0.0275. The standard InChI is InChI=1S/C22H18N4O3/c1-14(27)16-3-2-4-17(10-16)18-12-24-22-8-7-21(25-26(18)22)23-11-15-5-6-19-20(9-15)29-13-28-19/h2-10,12H,11,13H2,1H3,(H,23,25). The first-order chi connectivity index (χ1) is 14.2. The van der Waals surface area contributed by atoms with Gasteiger partial charge in [-0.3, -0.25) is 4.79 Å². The van der Waals surface area contributed by atoms with E-state index in [9.17, 15) is 4.79 Å². The molecule has 0 amide bonds. The van der Waals surface area contributed by atoms with E-state index in [0.29, 0.717) is 12.1 Å². The number of nitrogens with one attached hydrogen (secondary N) is 1. The molecule has 0 saturated heterocycles. The lowest BCUT2D eigenvalue weighted by Crippen LogP contribution is -2.05. The molecule has 0 unspecified atom stereocenters. The Balaban J connectivity index is 1.42. The van der Waals surface area contributed by atoms with Crippen molar-refractivity contribution >= 4 is 17.2 Å². The Bertz CT molecular complexity index is 1230. The fourth-order valence-electron chi connectivity index (χ4n) is 3.31. The zero-order valence-corrected chi connectivity index (χ0v) is 15.8. The van der Waals surface area contributed by atoms with E-state index >= 15 is 0 Å². The molecule has 1 N–H and O–H groups in total. The van der Waals surface area contributed by atoms with Crippen molar-refractivity contribution in [3.63, 3.8) is 0 Å². The van der Waals surface area contributed by atoms with E-state index in [4.69, 9.17) is 9.47 Å². The van der Waals surface area contributed by atoms with Crippen molar-refractivity contribution in [1.29, 1.82) is 0 Å². The normalized spacial score (nSPS) is 12.3. The molecule has 0 radical (unpaired) electrons. The average Bonchev–Trinajstić information content (AvgIpc) is 3.38. The number of benzene rings is 2.